The van der Waals surface area contributed by atoms with Crippen LogP contribution < -0.4 is 0 Å². The van der Waals surface area contributed by atoms with E-state index in [1.165, 1.54) is 0 Å². The maximum atomic E-state index is 11.7. The monoisotopic (exact) mass is 314 g/mol. The fraction of sp³-hybridized carbons (Fsp3) is 0.500. The number of hydrogen-bond donors (Lipinski definition) is 0. The second-order valence-electron chi connectivity index (χ2n) is 3.95. The van der Waals surface area contributed by atoms with Crippen LogP contribution in [0.15, 0.2) is 28.7 Å². The topological polar surface area (TPSA) is 35.5 Å². The molecule has 0 heterocycles. The quantitative estimate of drug-likeness (QED) is 0.517. The normalized spacial score (nSPS) is 10.6. The Morgan fingerprint density at radius 1 is 1.22 bits per heavy atom. The van der Waals surface area contributed by atoms with Crippen LogP contribution in [0.2, 0.25) is 0 Å². The molecule has 0 aromatic heterocycles. The van der Waals surface area contributed by atoms with Crippen LogP contribution in [0, 0.1) is 0 Å². The van der Waals surface area contributed by atoms with E-state index in [4.69, 9.17) is 9.47 Å². The van der Waals surface area contributed by atoms with Crippen molar-refractivity contribution in [3.63, 3.8) is 0 Å². The van der Waals surface area contributed by atoms with Crippen LogP contribution in [0.4, 0.5) is 0 Å². The second-order valence-corrected chi connectivity index (χ2v) is 4.87. The molecule has 18 heavy (non-hydrogen) atoms. The maximum Gasteiger partial charge on any atom is 0.188 e. The van der Waals surface area contributed by atoms with E-state index in [-0.39, 0.29) is 12.4 Å². The van der Waals surface area contributed by atoms with Crippen molar-refractivity contribution in [2.45, 2.75) is 19.8 Å². The van der Waals surface area contributed by atoms with Gasteiger partial charge in [0.2, 0.25) is 0 Å². The van der Waals surface area contributed by atoms with Crippen LogP contribution in [0.1, 0.15) is 30.1 Å². The molecule has 1 aromatic carbocycles. The average Bonchev–Trinajstić information content (AvgIpc) is 2.37. The van der Waals surface area contributed by atoms with Gasteiger partial charge >= 0.3 is 0 Å². The molecule has 0 spiro atoms. The van der Waals surface area contributed by atoms with E-state index in [0.717, 1.165) is 23.9 Å². The fourth-order valence-corrected chi connectivity index (χ4v) is 1.78. The average molecular weight is 315 g/mol. The number of carbonyl (C=O) groups excluding carboxylic acids is 1. The first-order valence-corrected chi connectivity index (χ1v) is 6.97. The summed E-state index contributed by atoms with van der Waals surface area (Å²) < 4.78 is 11.5. The molecular formula is C14H19BrO3. The number of ketones is 1. The molecule has 1 aromatic rings. The Balaban J connectivity index is 2.14. The molecule has 0 fully saturated rings. The van der Waals surface area contributed by atoms with E-state index >= 15 is 0 Å². The third kappa shape index (κ3) is 6.28. The van der Waals surface area contributed by atoms with E-state index in [1.807, 2.05) is 12.1 Å². The van der Waals surface area contributed by atoms with Gasteiger partial charge in [-0.15, -0.1) is 0 Å². The molecule has 4 heteroatoms. The number of hydrogen-bond acceptors (Lipinski definition) is 3. The molecule has 0 amide bonds. The van der Waals surface area contributed by atoms with Gasteiger partial charge in [0.25, 0.3) is 0 Å². The Morgan fingerprint density at radius 2 is 2.00 bits per heavy atom. The minimum absolute atomic E-state index is 0.00939. The fourth-order valence-electron chi connectivity index (χ4n) is 1.38. The van der Waals surface area contributed by atoms with Crippen molar-refractivity contribution in [2.24, 2.45) is 0 Å². The summed E-state index contributed by atoms with van der Waals surface area (Å²) in [5, 5.41) is 0. The molecule has 0 atom stereocenters. The van der Waals surface area contributed by atoms with E-state index in [1.54, 1.807) is 12.1 Å². The number of halogens is 1. The number of unbranched alkanes of at least 4 members (excludes halogenated alkanes) is 1. The summed E-state index contributed by atoms with van der Waals surface area (Å²) in [5.41, 5.74) is 0.663. The largest absolute Gasteiger partial charge is 0.379 e. The third-order valence-electron chi connectivity index (χ3n) is 2.39. The van der Waals surface area contributed by atoms with Gasteiger partial charge in [-0.3, -0.25) is 4.79 Å². The maximum absolute atomic E-state index is 11.7. The second kappa shape index (κ2) is 9.25. The number of ether oxygens (including phenoxy) is 2. The highest BCUT2D eigenvalue weighted by atomic mass is 79.9. The Labute approximate surface area is 117 Å². The van der Waals surface area contributed by atoms with Crippen molar-refractivity contribution in [2.75, 3.05) is 26.4 Å². The predicted octanol–water partition coefficient (Wildman–Crippen LogP) is 3.47. The standard InChI is InChI=1S/C14H19BrO3/c1-2-3-7-17-8-9-18-11-14(16)12-5-4-6-13(15)10-12/h4-6,10H,2-3,7-9,11H2,1H3. The summed E-state index contributed by atoms with van der Waals surface area (Å²) in [6, 6.07) is 7.31. The Morgan fingerprint density at radius 3 is 2.72 bits per heavy atom. The van der Waals surface area contributed by atoms with E-state index in [9.17, 15) is 4.79 Å². The van der Waals surface area contributed by atoms with Crippen LogP contribution in [0.5, 0.6) is 0 Å². The van der Waals surface area contributed by atoms with Crippen LogP contribution in [0.25, 0.3) is 0 Å². The minimum Gasteiger partial charge on any atom is -0.379 e. The molecule has 0 unspecified atom stereocenters. The zero-order valence-corrected chi connectivity index (χ0v) is 12.2. The molecule has 0 aliphatic rings. The summed E-state index contributed by atoms with van der Waals surface area (Å²) in [6.45, 7) is 4.00. The molecule has 0 saturated heterocycles. The Bertz CT molecular complexity index is 366. The lowest BCUT2D eigenvalue weighted by atomic mass is 10.1. The van der Waals surface area contributed by atoms with Crippen molar-refractivity contribution >= 4 is 21.7 Å². The van der Waals surface area contributed by atoms with Crippen molar-refractivity contribution < 1.29 is 14.3 Å². The van der Waals surface area contributed by atoms with Crippen LogP contribution >= 0.6 is 15.9 Å². The number of carbonyl (C=O) groups is 1. The molecule has 1 rings (SSSR count). The lowest BCUT2D eigenvalue weighted by Crippen LogP contribution is -2.12. The smallest absolute Gasteiger partial charge is 0.188 e. The third-order valence-corrected chi connectivity index (χ3v) is 2.89. The van der Waals surface area contributed by atoms with Gasteiger partial charge in [0.15, 0.2) is 5.78 Å². The number of Topliss-reactive ketones (excluding diaryl/α,β-unsaturated/α-hetero) is 1. The first-order valence-electron chi connectivity index (χ1n) is 6.18. The highest BCUT2D eigenvalue weighted by Gasteiger charge is 2.05. The first kappa shape index (κ1) is 15.3. The van der Waals surface area contributed by atoms with Gasteiger partial charge in [0, 0.05) is 16.6 Å². The summed E-state index contributed by atoms with van der Waals surface area (Å²) in [4.78, 5) is 11.7. The SMILES string of the molecule is CCCCOCCOCC(=O)c1cccc(Br)c1. The zero-order valence-electron chi connectivity index (χ0n) is 10.7. The highest BCUT2D eigenvalue weighted by Crippen LogP contribution is 2.12. The van der Waals surface area contributed by atoms with E-state index in [0.29, 0.717) is 18.8 Å². The van der Waals surface area contributed by atoms with E-state index < -0.39 is 0 Å². The van der Waals surface area contributed by atoms with Crippen molar-refractivity contribution in [1.82, 2.24) is 0 Å². The molecule has 100 valence electrons. The Kier molecular flexibility index (Phi) is 7.89. The highest BCUT2D eigenvalue weighted by molar-refractivity contribution is 9.10. The van der Waals surface area contributed by atoms with Gasteiger partial charge in [-0.2, -0.15) is 0 Å². The number of rotatable bonds is 9. The molecule has 0 radical (unpaired) electrons. The van der Waals surface area contributed by atoms with Gasteiger partial charge in [-0.05, 0) is 18.6 Å². The summed E-state index contributed by atoms with van der Waals surface area (Å²) in [6.07, 6.45) is 2.19. The molecule has 0 saturated carbocycles. The lowest BCUT2D eigenvalue weighted by Gasteiger charge is -2.05. The predicted molar refractivity (Wildman–Crippen MR) is 75.0 cm³/mol. The van der Waals surface area contributed by atoms with Gasteiger partial charge in [0.05, 0.1) is 13.2 Å². The van der Waals surface area contributed by atoms with Crippen molar-refractivity contribution in [1.29, 1.82) is 0 Å². The Hall–Kier alpha value is -0.710. The van der Waals surface area contributed by atoms with Crippen LogP contribution in [-0.2, 0) is 9.47 Å². The minimum atomic E-state index is -0.00939. The molecular weight excluding hydrogens is 296 g/mol. The van der Waals surface area contributed by atoms with Gasteiger partial charge in [0.1, 0.15) is 6.61 Å². The van der Waals surface area contributed by atoms with Crippen LogP contribution in [-0.4, -0.2) is 32.2 Å². The number of benzene rings is 1. The van der Waals surface area contributed by atoms with Crippen LogP contribution in [0.3, 0.4) is 0 Å². The molecule has 0 aliphatic carbocycles. The zero-order chi connectivity index (χ0) is 13.2. The molecule has 0 aliphatic heterocycles. The van der Waals surface area contributed by atoms with E-state index in [2.05, 4.69) is 22.9 Å². The molecule has 3 nitrogen and oxygen atoms in total. The first-order chi connectivity index (χ1) is 8.74. The van der Waals surface area contributed by atoms with Gasteiger partial charge in [-0.1, -0.05) is 41.4 Å². The molecule has 0 bridgehead atoms. The lowest BCUT2D eigenvalue weighted by molar-refractivity contribution is 0.0432. The summed E-state index contributed by atoms with van der Waals surface area (Å²) in [7, 11) is 0. The van der Waals surface area contributed by atoms with Gasteiger partial charge in [-0.25, -0.2) is 0 Å². The summed E-state index contributed by atoms with van der Waals surface area (Å²) >= 11 is 3.33. The molecule has 0 N–H and O–H groups in total. The van der Waals surface area contributed by atoms with Crippen molar-refractivity contribution in [3.8, 4) is 0 Å². The van der Waals surface area contributed by atoms with Gasteiger partial charge < -0.3 is 9.47 Å². The van der Waals surface area contributed by atoms with Crippen molar-refractivity contribution in [3.05, 3.63) is 34.3 Å². The summed E-state index contributed by atoms with van der Waals surface area (Å²) in [5.74, 6) is -0.00939.